The van der Waals surface area contributed by atoms with Gasteiger partial charge in [-0.25, -0.2) is 0 Å². The third-order valence-electron chi connectivity index (χ3n) is 13.7. The van der Waals surface area contributed by atoms with Crippen LogP contribution < -0.4 is 9.80 Å². The molecule has 0 radical (unpaired) electrons. The van der Waals surface area contributed by atoms with Gasteiger partial charge in [-0.05, 0) is 147 Å². The number of nitriles is 1. The van der Waals surface area contributed by atoms with E-state index in [9.17, 15) is 5.26 Å². The molecule has 0 unspecified atom stereocenters. The maximum Gasteiger partial charge on any atom is 0.0991 e. The molecule has 0 aliphatic heterocycles. The van der Waals surface area contributed by atoms with Gasteiger partial charge in [-0.15, -0.1) is 0 Å². The summed E-state index contributed by atoms with van der Waals surface area (Å²) in [6.45, 7) is 0. The highest BCUT2D eigenvalue weighted by Gasteiger charge is 2.25. The van der Waals surface area contributed by atoms with E-state index in [0.29, 0.717) is 5.56 Å². The molecule has 0 atom stereocenters. The Balaban J connectivity index is 1.03. The number of nitrogens with zero attached hydrogens (tertiary/aromatic N) is 4. The Hall–Kier alpha value is -9.43. The fourth-order valence-electron chi connectivity index (χ4n) is 10.4. The number of benzene rings is 11. The first kappa shape index (κ1) is 39.9. The Kier molecular flexibility index (Phi) is 9.52. The van der Waals surface area contributed by atoms with E-state index >= 15 is 0 Å². The van der Waals surface area contributed by atoms with Crippen molar-refractivity contribution in [3.05, 3.63) is 260 Å². The van der Waals surface area contributed by atoms with E-state index in [1.807, 2.05) is 18.2 Å². The maximum absolute atomic E-state index is 9.88. The highest BCUT2D eigenvalue weighted by Crippen LogP contribution is 2.49. The first-order chi connectivity index (χ1) is 34.2. The highest BCUT2D eigenvalue weighted by molar-refractivity contribution is 6.28. The Morgan fingerprint density at radius 2 is 0.841 bits per heavy atom. The van der Waals surface area contributed by atoms with Crippen LogP contribution in [0.15, 0.2) is 255 Å². The maximum atomic E-state index is 9.88. The minimum Gasteiger partial charge on any atom is -0.310 e. The minimum atomic E-state index is 0.642. The summed E-state index contributed by atoms with van der Waals surface area (Å²) in [6, 6.07) is 93.5. The molecule has 0 amide bonds. The molecule has 0 aliphatic carbocycles. The van der Waals surface area contributed by atoms with Crippen LogP contribution in [0.3, 0.4) is 0 Å². The molecule has 13 rings (SSSR count). The first-order valence-electron chi connectivity index (χ1n) is 23.4. The van der Waals surface area contributed by atoms with Crippen molar-refractivity contribution >= 4 is 83.0 Å². The lowest BCUT2D eigenvalue weighted by Gasteiger charge is -2.27. The van der Waals surface area contributed by atoms with Crippen molar-refractivity contribution in [2.75, 3.05) is 9.80 Å². The SMILES string of the molecule is N#Cc1cccc(-c2ccc3c(c2)c2c(N(c4ccccc4)c4ccc(-c5ccccc5)cc4)ccc4c5cc6ccc(N(c7ccccc7)c7ccc(-c8ccccc8)cc7)cc6cc5n3c42)c1. The second kappa shape index (κ2) is 16.5. The van der Waals surface area contributed by atoms with Gasteiger partial charge in [-0.1, -0.05) is 152 Å². The van der Waals surface area contributed by atoms with Gasteiger partial charge in [0.2, 0.25) is 0 Å². The summed E-state index contributed by atoms with van der Waals surface area (Å²) in [7, 11) is 0. The summed E-state index contributed by atoms with van der Waals surface area (Å²) in [6.07, 6.45) is 0. The molecule has 13 aromatic rings. The van der Waals surface area contributed by atoms with Crippen LogP contribution in [0.2, 0.25) is 0 Å². The van der Waals surface area contributed by atoms with E-state index in [1.54, 1.807) is 0 Å². The molecule has 0 aliphatic rings. The van der Waals surface area contributed by atoms with Crippen molar-refractivity contribution in [2.45, 2.75) is 0 Å². The Bertz CT molecular complexity index is 4040. The van der Waals surface area contributed by atoms with Crippen LogP contribution in [0, 0.1) is 11.3 Å². The van der Waals surface area contributed by atoms with Crippen LogP contribution in [0.5, 0.6) is 0 Å². The molecular weight excluding hydrogens is 837 g/mol. The fraction of sp³-hybridized carbons (Fsp3) is 0. The van der Waals surface area contributed by atoms with Crippen LogP contribution in [-0.2, 0) is 0 Å². The molecule has 4 heteroatoms. The topological polar surface area (TPSA) is 34.7 Å². The quantitative estimate of drug-likeness (QED) is 0.145. The predicted molar refractivity (Wildman–Crippen MR) is 289 cm³/mol. The number of rotatable bonds is 9. The molecule has 0 saturated heterocycles. The second-order valence-electron chi connectivity index (χ2n) is 17.7. The normalized spacial score (nSPS) is 11.5. The van der Waals surface area contributed by atoms with Crippen molar-refractivity contribution in [2.24, 2.45) is 0 Å². The third kappa shape index (κ3) is 6.84. The van der Waals surface area contributed by atoms with Gasteiger partial charge in [-0.3, -0.25) is 0 Å². The number of fused-ring (bicyclic) bond motifs is 7. The van der Waals surface area contributed by atoms with Gasteiger partial charge in [-0.2, -0.15) is 5.26 Å². The molecular formula is C65H42N4. The zero-order chi connectivity index (χ0) is 45.8. The fourth-order valence-corrected chi connectivity index (χ4v) is 10.4. The monoisotopic (exact) mass is 878 g/mol. The number of aromatic nitrogens is 1. The summed E-state index contributed by atoms with van der Waals surface area (Å²) in [5.41, 5.74) is 17.4. The van der Waals surface area contributed by atoms with E-state index in [1.165, 1.54) is 49.3 Å². The smallest absolute Gasteiger partial charge is 0.0991 e. The highest BCUT2D eigenvalue weighted by atomic mass is 15.2. The summed E-state index contributed by atoms with van der Waals surface area (Å²) in [5, 5.41) is 17.0. The molecule has 0 fully saturated rings. The largest absolute Gasteiger partial charge is 0.310 e. The van der Waals surface area contributed by atoms with E-state index in [2.05, 4.69) is 257 Å². The molecule has 322 valence electrons. The zero-order valence-electron chi connectivity index (χ0n) is 37.5. The summed E-state index contributed by atoms with van der Waals surface area (Å²) < 4.78 is 2.49. The average molecular weight is 879 g/mol. The van der Waals surface area contributed by atoms with E-state index in [4.69, 9.17) is 0 Å². The van der Waals surface area contributed by atoms with Gasteiger partial charge in [0.15, 0.2) is 0 Å². The zero-order valence-corrected chi connectivity index (χ0v) is 37.5. The molecule has 11 aromatic carbocycles. The van der Waals surface area contributed by atoms with Crippen molar-refractivity contribution in [1.29, 1.82) is 5.26 Å². The molecule has 0 bridgehead atoms. The second-order valence-corrected chi connectivity index (χ2v) is 17.7. The molecule has 0 N–H and O–H groups in total. The number of anilines is 6. The standard InChI is InChI=1S/C65H42N4/c66-43-44-14-13-19-49(38-44)50-29-36-61-60(41-50)64-62(68(54-22-11-4-12-23-54)56-32-26-48(27-33-56)46-17-7-2-8-18-46)37-35-58-59-40-51-28-34-57(39-52(51)42-63(59)69(61)65(58)64)67(53-20-9-3-10-21-53)55-30-24-47(25-31-55)45-15-5-1-6-16-45/h1-42H. The van der Waals surface area contributed by atoms with E-state index < -0.39 is 0 Å². The van der Waals surface area contributed by atoms with Crippen LogP contribution in [0.4, 0.5) is 34.1 Å². The van der Waals surface area contributed by atoms with Crippen molar-refractivity contribution in [3.63, 3.8) is 0 Å². The van der Waals surface area contributed by atoms with Crippen LogP contribution in [0.25, 0.3) is 82.2 Å². The lowest BCUT2D eigenvalue weighted by Crippen LogP contribution is -2.10. The van der Waals surface area contributed by atoms with E-state index in [0.717, 1.165) is 67.1 Å². The Labute approximate surface area is 400 Å². The van der Waals surface area contributed by atoms with Crippen molar-refractivity contribution in [3.8, 4) is 39.4 Å². The first-order valence-corrected chi connectivity index (χ1v) is 23.4. The average Bonchev–Trinajstić information content (AvgIpc) is 3.93. The van der Waals surface area contributed by atoms with Crippen molar-refractivity contribution < 1.29 is 0 Å². The number of hydrogen-bond acceptors (Lipinski definition) is 3. The third-order valence-corrected chi connectivity index (χ3v) is 13.7. The van der Waals surface area contributed by atoms with Gasteiger partial charge in [0.25, 0.3) is 0 Å². The molecule has 0 saturated carbocycles. The van der Waals surface area contributed by atoms with Crippen molar-refractivity contribution in [1.82, 2.24) is 4.40 Å². The lowest BCUT2D eigenvalue weighted by molar-refractivity contribution is 1.29. The van der Waals surface area contributed by atoms with Gasteiger partial charge in [0.1, 0.15) is 0 Å². The minimum absolute atomic E-state index is 0.642. The Morgan fingerprint density at radius 1 is 0.319 bits per heavy atom. The summed E-state index contributed by atoms with van der Waals surface area (Å²) in [4.78, 5) is 4.75. The molecule has 4 nitrogen and oxygen atoms in total. The van der Waals surface area contributed by atoms with Crippen LogP contribution in [-0.4, -0.2) is 4.40 Å². The number of para-hydroxylation sites is 2. The van der Waals surface area contributed by atoms with Gasteiger partial charge >= 0.3 is 0 Å². The summed E-state index contributed by atoms with van der Waals surface area (Å²) >= 11 is 0. The van der Waals surface area contributed by atoms with Crippen LogP contribution >= 0.6 is 0 Å². The van der Waals surface area contributed by atoms with Crippen LogP contribution in [0.1, 0.15) is 5.56 Å². The summed E-state index contributed by atoms with van der Waals surface area (Å²) in [5.74, 6) is 0. The molecule has 0 spiro atoms. The van der Waals surface area contributed by atoms with Gasteiger partial charge < -0.3 is 14.2 Å². The van der Waals surface area contributed by atoms with Gasteiger partial charge in [0.05, 0.1) is 33.9 Å². The number of hydrogen-bond donors (Lipinski definition) is 0. The molecule has 69 heavy (non-hydrogen) atoms. The van der Waals surface area contributed by atoms with Gasteiger partial charge in [0, 0.05) is 50.0 Å². The predicted octanol–water partition coefficient (Wildman–Crippen LogP) is 17.8. The lowest BCUT2D eigenvalue weighted by atomic mass is 9.98. The molecule has 2 heterocycles. The Morgan fingerprint density at radius 3 is 1.48 bits per heavy atom. The molecule has 2 aromatic heterocycles. The van der Waals surface area contributed by atoms with E-state index in [-0.39, 0.29) is 0 Å².